The van der Waals surface area contributed by atoms with Crippen molar-refractivity contribution in [1.29, 1.82) is 5.26 Å². The average molecular weight is 453 g/mol. The summed E-state index contributed by atoms with van der Waals surface area (Å²) < 4.78 is 5.85. The first kappa shape index (κ1) is 20.4. The second-order valence-electron chi connectivity index (χ2n) is 7.12. The first-order chi connectivity index (χ1) is 16.1. The molecular formula is C24H15N5O3S. The largest absolute Gasteiger partial charge is 0.454 e. The highest BCUT2D eigenvalue weighted by atomic mass is 32.1. The minimum Gasteiger partial charge on any atom is -0.454 e. The maximum atomic E-state index is 12.7. The van der Waals surface area contributed by atoms with Crippen molar-refractivity contribution in [3.63, 3.8) is 0 Å². The molecule has 2 aromatic carbocycles. The van der Waals surface area contributed by atoms with E-state index in [0.29, 0.717) is 40.6 Å². The summed E-state index contributed by atoms with van der Waals surface area (Å²) in [6.45, 7) is 0.297. The molecule has 3 heterocycles. The Labute approximate surface area is 192 Å². The van der Waals surface area contributed by atoms with Crippen LogP contribution in [0.1, 0.15) is 31.3 Å². The van der Waals surface area contributed by atoms with E-state index >= 15 is 0 Å². The number of rotatable bonds is 4. The van der Waals surface area contributed by atoms with Gasteiger partial charge in [0.05, 0.1) is 17.8 Å². The third kappa shape index (κ3) is 4.15. The van der Waals surface area contributed by atoms with Crippen LogP contribution in [0, 0.1) is 11.3 Å². The molecule has 0 saturated carbocycles. The van der Waals surface area contributed by atoms with Crippen LogP contribution in [0.2, 0.25) is 0 Å². The molecule has 0 radical (unpaired) electrons. The van der Waals surface area contributed by atoms with Gasteiger partial charge in [0.1, 0.15) is 22.5 Å². The van der Waals surface area contributed by atoms with Crippen molar-refractivity contribution in [3.8, 4) is 28.1 Å². The molecule has 0 fully saturated rings. The Hall–Kier alpha value is -4.55. The highest BCUT2D eigenvalue weighted by Crippen LogP contribution is 2.36. The van der Waals surface area contributed by atoms with E-state index in [2.05, 4.69) is 20.6 Å². The van der Waals surface area contributed by atoms with E-state index in [4.69, 9.17) is 10.00 Å². The molecule has 8 nitrogen and oxygen atoms in total. The van der Waals surface area contributed by atoms with Crippen molar-refractivity contribution in [1.82, 2.24) is 15.3 Å². The van der Waals surface area contributed by atoms with Crippen LogP contribution in [0.25, 0.3) is 10.6 Å². The molecule has 5 rings (SSSR count). The Bertz CT molecular complexity index is 1420. The standard InChI is InChI=1S/C24H15N5O3S/c25-10-16-7-5-15(11-26-16)24-28-13-17(33-24)12-27-22(30)14-6-8-21-19(9-14)29-23(31)18-3-1-2-4-20(18)32-21/h1-9,11,13H,12H2,(H,27,30)(H,29,31). The summed E-state index contributed by atoms with van der Waals surface area (Å²) in [7, 11) is 0. The van der Waals surface area contributed by atoms with Crippen LogP contribution in [0.4, 0.5) is 5.69 Å². The Morgan fingerprint density at radius 2 is 1.97 bits per heavy atom. The van der Waals surface area contributed by atoms with E-state index in [1.807, 2.05) is 6.07 Å². The van der Waals surface area contributed by atoms with Crippen LogP contribution >= 0.6 is 11.3 Å². The number of pyridine rings is 1. The smallest absolute Gasteiger partial charge is 0.259 e. The van der Waals surface area contributed by atoms with Crippen LogP contribution in [0.15, 0.2) is 67.0 Å². The summed E-state index contributed by atoms with van der Waals surface area (Å²) >= 11 is 1.43. The number of carbonyl (C=O) groups excluding carboxylic acids is 2. The van der Waals surface area contributed by atoms with Gasteiger partial charge in [-0.3, -0.25) is 9.59 Å². The summed E-state index contributed by atoms with van der Waals surface area (Å²) in [4.78, 5) is 34.5. The molecule has 2 aromatic heterocycles. The van der Waals surface area contributed by atoms with Crippen LogP contribution in [-0.2, 0) is 6.54 Å². The Balaban J connectivity index is 1.28. The third-order valence-electron chi connectivity index (χ3n) is 4.94. The number of benzene rings is 2. The number of anilines is 1. The van der Waals surface area contributed by atoms with Crippen LogP contribution in [0.3, 0.4) is 0 Å². The number of nitrogens with one attached hydrogen (secondary N) is 2. The lowest BCUT2D eigenvalue weighted by Crippen LogP contribution is -2.22. The average Bonchev–Trinajstić information content (AvgIpc) is 3.27. The van der Waals surface area contributed by atoms with Gasteiger partial charge in [-0.1, -0.05) is 12.1 Å². The summed E-state index contributed by atoms with van der Waals surface area (Å²) in [5, 5.41) is 15.3. The van der Waals surface area contributed by atoms with Gasteiger partial charge in [0.2, 0.25) is 0 Å². The number of aromatic nitrogens is 2. The summed E-state index contributed by atoms with van der Waals surface area (Å²) in [5.74, 6) is 0.345. The Kier molecular flexibility index (Phi) is 5.26. The molecule has 0 saturated heterocycles. The lowest BCUT2D eigenvalue weighted by Gasteiger charge is -2.10. The molecule has 1 aliphatic heterocycles. The Morgan fingerprint density at radius 3 is 2.79 bits per heavy atom. The predicted octanol–water partition coefficient (Wildman–Crippen LogP) is 4.36. The number of fused-ring (bicyclic) bond motifs is 2. The second kappa shape index (κ2) is 8.53. The van der Waals surface area contributed by atoms with E-state index in [1.54, 1.807) is 67.0 Å². The maximum absolute atomic E-state index is 12.7. The van der Waals surface area contributed by atoms with E-state index in [9.17, 15) is 9.59 Å². The molecule has 0 bridgehead atoms. The maximum Gasteiger partial charge on any atom is 0.259 e. The number of carbonyl (C=O) groups is 2. The van der Waals surface area contributed by atoms with Gasteiger partial charge < -0.3 is 15.4 Å². The molecule has 0 aliphatic carbocycles. The molecule has 9 heteroatoms. The van der Waals surface area contributed by atoms with Gasteiger partial charge in [-0.2, -0.15) is 5.26 Å². The lowest BCUT2D eigenvalue weighted by molar-refractivity contribution is 0.0950. The summed E-state index contributed by atoms with van der Waals surface area (Å²) in [6.07, 6.45) is 3.30. The molecule has 0 unspecified atom stereocenters. The highest BCUT2D eigenvalue weighted by molar-refractivity contribution is 7.15. The van der Waals surface area contributed by atoms with Gasteiger partial charge in [-0.25, -0.2) is 9.97 Å². The molecule has 4 aromatic rings. The van der Waals surface area contributed by atoms with E-state index in [-0.39, 0.29) is 11.8 Å². The van der Waals surface area contributed by atoms with Crippen molar-refractivity contribution >= 4 is 28.8 Å². The van der Waals surface area contributed by atoms with Gasteiger partial charge in [0.15, 0.2) is 5.75 Å². The zero-order chi connectivity index (χ0) is 22.8. The number of hydrogen-bond acceptors (Lipinski definition) is 7. The number of thiazole rings is 1. The molecule has 0 atom stereocenters. The minimum atomic E-state index is -0.295. The quantitative estimate of drug-likeness (QED) is 0.474. The lowest BCUT2D eigenvalue weighted by atomic mass is 10.1. The number of nitriles is 1. The molecule has 0 spiro atoms. The normalized spacial score (nSPS) is 11.8. The SMILES string of the molecule is N#Cc1ccc(-c2ncc(CNC(=O)c3ccc4c(c3)NC(=O)c3ccccc3O4)s2)cn1. The molecule has 1 aliphatic rings. The monoisotopic (exact) mass is 453 g/mol. The molecule has 2 amide bonds. The van der Waals surface area contributed by atoms with E-state index < -0.39 is 0 Å². The number of ether oxygens (including phenoxy) is 1. The fraction of sp³-hybridized carbons (Fsp3) is 0.0417. The summed E-state index contributed by atoms with van der Waals surface area (Å²) in [6, 6.07) is 17.3. The predicted molar refractivity (Wildman–Crippen MR) is 122 cm³/mol. The molecule has 2 N–H and O–H groups in total. The van der Waals surface area contributed by atoms with Crippen molar-refractivity contribution in [2.75, 3.05) is 5.32 Å². The topological polar surface area (TPSA) is 117 Å². The van der Waals surface area contributed by atoms with Crippen molar-refractivity contribution in [2.24, 2.45) is 0 Å². The number of hydrogen-bond donors (Lipinski definition) is 2. The van der Waals surface area contributed by atoms with E-state index in [1.165, 1.54) is 11.3 Å². The minimum absolute atomic E-state index is 0.288. The summed E-state index contributed by atoms with van der Waals surface area (Å²) in [5.41, 5.74) is 2.40. The third-order valence-corrected chi connectivity index (χ3v) is 5.99. The van der Waals surface area contributed by atoms with Gasteiger partial charge in [0, 0.05) is 28.4 Å². The van der Waals surface area contributed by atoms with Gasteiger partial charge >= 0.3 is 0 Å². The zero-order valence-corrected chi connectivity index (χ0v) is 17.8. The fourth-order valence-electron chi connectivity index (χ4n) is 3.29. The molecule has 33 heavy (non-hydrogen) atoms. The highest BCUT2D eigenvalue weighted by Gasteiger charge is 2.21. The molecular weight excluding hydrogens is 438 g/mol. The first-order valence-corrected chi connectivity index (χ1v) is 10.7. The van der Waals surface area contributed by atoms with Gasteiger partial charge in [-0.15, -0.1) is 11.3 Å². The Morgan fingerprint density at radius 1 is 1.09 bits per heavy atom. The van der Waals surface area contributed by atoms with Crippen molar-refractivity contribution < 1.29 is 14.3 Å². The van der Waals surface area contributed by atoms with Crippen molar-refractivity contribution in [2.45, 2.75) is 6.54 Å². The molecule has 160 valence electrons. The van der Waals surface area contributed by atoms with Gasteiger partial charge in [0.25, 0.3) is 11.8 Å². The first-order valence-electron chi connectivity index (χ1n) is 9.92. The van der Waals surface area contributed by atoms with Crippen LogP contribution in [0.5, 0.6) is 11.5 Å². The van der Waals surface area contributed by atoms with Crippen LogP contribution < -0.4 is 15.4 Å². The van der Waals surface area contributed by atoms with Crippen LogP contribution in [-0.4, -0.2) is 21.8 Å². The number of para-hydroxylation sites is 1. The second-order valence-corrected chi connectivity index (χ2v) is 8.24. The zero-order valence-electron chi connectivity index (χ0n) is 17.0. The van der Waals surface area contributed by atoms with Gasteiger partial charge in [-0.05, 0) is 42.5 Å². The number of nitrogens with zero attached hydrogens (tertiary/aromatic N) is 3. The number of amides is 2. The fourth-order valence-corrected chi connectivity index (χ4v) is 4.13. The van der Waals surface area contributed by atoms with E-state index in [0.717, 1.165) is 15.4 Å². The van der Waals surface area contributed by atoms with Crippen molar-refractivity contribution in [3.05, 3.63) is 88.7 Å².